The van der Waals surface area contributed by atoms with Crippen LogP contribution in [0.5, 0.6) is 0 Å². The number of nitrogens with zero attached hydrogens (tertiary/aromatic N) is 3. The first-order chi connectivity index (χ1) is 9.02. The van der Waals surface area contributed by atoms with Gasteiger partial charge in [0.2, 0.25) is 0 Å². The van der Waals surface area contributed by atoms with Crippen LogP contribution in [0.4, 0.5) is 5.82 Å². The Kier molecular flexibility index (Phi) is 4.06. The zero-order chi connectivity index (χ0) is 14.0. The van der Waals surface area contributed by atoms with Crippen molar-refractivity contribution in [3.05, 3.63) is 22.9 Å². The maximum atomic E-state index is 9.22. The molecular formula is C15H22N4. The fourth-order valence-electron chi connectivity index (χ4n) is 2.34. The smallest absolute Gasteiger partial charge is 0.144 e. The molecule has 1 aliphatic rings. The van der Waals surface area contributed by atoms with Gasteiger partial charge >= 0.3 is 0 Å². The van der Waals surface area contributed by atoms with Crippen LogP contribution in [-0.4, -0.2) is 35.6 Å². The average Bonchev–Trinajstić information content (AvgIpc) is 3.18. The molecule has 1 fully saturated rings. The number of nitriles is 1. The van der Waals surface area contributed by atoms with Gasteiger partial charge in [-0.1, -0.05) is 0 Å². The summed E-state index contributed by atoms with van der Waals surface area (Å²) in [4.78, 5) is 6.85. The monoisotopic (exact) mass is 258 g/mol. The van der Waals surface area contributed by atoms with Crippen molar-refractivity contribution in [2.75, 3.05) is 18.9 Å². The molecule has 0 aliphatic heterocycles. The SMILES string of the molecule is Cc1cc(C)c(C#N)c(NCC(C)N(C)C2CC2)n1. The van der Waals surface area contributed by atoms with E-state index in [-0.39, 0.29) is 0 Å². The van der Waals surface area contributed by atoms with Gasteiger partial charge in [-0.2, -0.15) is 5.26 Å². The summed E-state index contributed by atoms with van der Waals surface area (Å²) >= 11 is 0. The van der Waals surface area contributed by atoms with Crippen LogP contribution in [0.1, 0.15) is 36.6 Å². The van der Waals surface area contributed by atoms with Crippen LogP contribution in [0, 0.1) is 25.2 Å². The van der Waals surface area contributed by atoms with Gasteiger partial charge in [0.15, 0.2) is 0 Å². The molecule has 1 atom stereocenters. The summed E-state index contributed by atoms with van der Waals surface area (Å²) in [5.41, 5.74) is 2.59. The van der Waals surface area contributed by atoms with Crippen LogP contribution in [0.15, 0.2) is 6.07 Å². The van der Waals surface area contributed by atoms with Gasteiger partial charge in [-0.25, -0.2) is 4.98 Å². The summed E-state index contributed by atoms with van der Waals surface area (Å²) in [7, 11) is 2.17. The number of anilines is 1. The molecule has 1 aliphatic carbocycles. The molecule has 0 aromatic carbocycles. The van der Waals surface area contributed by atoms with E-state index in [1.807, 2.05) is 19.9 Å². The maximum absolute atomic E-state index is 9.22. The van der Waals surface area contributed by atoms with Gasteiger partial charge in [-0.3, -0.25) is 4.90 Å². The van der Waals surface area contributed by atoms with E-state index in [1.54, 1.807) is 0 Å². The normalized spacial score (nSPS) is 16.2. The molecule has 2 rings (SSSR count). The molecule has 4 heteroatoms. The Morgan fingerprint density at radius 3 is 2.79 bits per heavy atom. The minimum atomic E-state index is 0.446. The number of pyridine rings is 1. The Hall–Kier alpha value is -1.60. The summed E-state index contributed by atoms with van der Waals surface area (Å²) in [5.74, 6) is 0.719. The van der Waals surface area contributed by atoms with Crippen LogP contribution in [0.2, 0.25) is 0 Å². The van der Waals surface area contributed by atoms with E-state index in [4.69, 9.17) is 0 Å². The van der Waals surface area contributed by atoms with Crippen molar-refractivity contribution >= 4 is 5.82 Å². The number of hydrogen-bond donors (Lipinski definition) is 1. The van der Waals surface area contributed by atoms with Crippen LogP contribution in [0.25, 0.3) is 0 Å². The zero-order valence-corrected chi connectivity index (χ0v) is 12.2. The minimum Gasteiger partial charge on any atom is -0.367 e. The second-order valence-corrected chi connectivity index (χ2v) is 5.54. The van der Waals surface area contributed by atoms with Gasteiger partial charge in [0, 0.05) is 24.3 Å². The van der Waals surface area contributed by atoms with Gasteiger partial charge < -0.3 is 5.32 Å². The topological polar surface area (TPSA) is 52.0 Å². The van der Waals surface area contributed by atoms with Crippen LogP contribution in [-0.2, 0) is 0 Å². The quantitative estimate of drug-likeness (QED) is 0.881. The third-order valence-corrected chi connectivity index (χ3v) is 3.84. The van der Waals surface area contributed by atoms with Gasteiger partial charge in [0.1, 0.15) is 11.9 Å². The standard InChI is InChI=1S/C15H22N4/c1-10-7-11(2)18-15(14(10)8-16)17-9-12(3)19(4)13-5-6-13/h7,12-13H,5-6,9H2,1-4H3,(H,17,18). The van der Waals surface area contributed by atoms with E-state index in [0.717, 1.165) is 29.7 Å². The highest BCUT2D eigenvalue weighted by molar-refractivity contribution is 5.56. The van der Waals surface area contributed by atoms with E-state index in [2.05, 4.69) is 35.2 Å². The number of hydrogen-bond acceptors (Lipinski definition) is 4. The van der Waals surface area contributed by atoms with Crippen molar-refractivity contribution in [1.29, 1.82) is 5.26 Å². The van der Waals surface area contributed by atoms with Crippen LogP contribution < -0.4 is 5.32 Å². The summed E-state index contributed by atoms with van der Waals surface area (Å²) in [6.45, 7) is 6.94. The molecule has 0 saturated heterocycles. The lowest BCUT2D eigenvalue weighted by Gasteiger charge is -2.25. The summed E-state index contributed by atoms with van der Waals surface area (Å²) < 4.78 is 0. The number of nitrogens with one attached hydrogen (secondary N) is 1. The Bertz CT molecular complexity index is 500. The molecule has 0 spiro atoms. The van der Waals surface area contributed by atoms with Gasteiger partial charge in [-0.05, 0) is 52.3 Å². The van der Waals surface area contributed by atoms with Crippen molar-refractivity contribution in [2.45, 2.75) is 45.7 Å². The number of aromatic nitrogens is 1. The fourth-order valence-corrected chi connectivity index (χ4v) is 2.34. The molecule has 1 saturated carbocycles. The van der Waals surface area contributed by atoms with Crippen molar-refractivity contribution in [1.82, 2.24) is 9.88 Å². The molecule has 19 heavy (non-hydrogen) atoms. The molecule has 1 unspecified atom stereocenters. The zero-order valence-electron chi connectivity index (χ0n) is 12.2. The number of likely N-dealkylation sites (N-methyl/N-ethyl adjacent to an activating group) is 1. The fraction of sp³-hybridized carbons (Fsp3) is 0.600. The molecule has 0 amide bonds. The maximum Gasteiger partial charge on any atom is 0.144 e. The first kappa shape index (κ1) is 13.8. The Morgan fingerprint density at radius 1 is 1.53 bits per heavy atom. The van der Waals surface area contributed by atoms with Crippen LogP contribution >= 0.6 is 0 Å². The van der Waals surface area contributed by atoms with Gasteiger partial charge in [-0.15, -0.1) is 0 Å². The largest absolute Gasteiger partial charge is 0.367 e. The third-order valence-electron chi connectivity index (χ3n) is 3.84. The molecular weight excluding hydrogens is 236 g/mol. The number of rotatable bonds is 5. The van der Waals surface area contributed by atoms with Crippen molar-refractivity contribution in [2.24, 2.45) is 0 Å². The highest BCUT2D eigenvalue weighted by Gasteiger charge is 2.29. The van der Waals surface area contributed by atoms with E-state index >= 15 is 0 Å². The Morgan fingerprint density at radius 2 is 2.21 bits per heavy atom. The predicted octanol–water partition coefficient (Wildman–Crippen LogP) is 2.46. The summed E-state index contributed by atoms with van der Waals surface area (Å²) in [5, 5.41) is 12.6. The highest BCUT2D eigenvalue weighted by atomic mass is 15.2. The molecule has 1 aromatic heterocycles. The lowest BCUT2D eigenvalue weighted by Crippen LogP contribution is -2.36. The summed E-state index contributed by atoms with van der Waals surface area (Å²) in [6.07, 6.45) is 2.62. The van der Waals surface area contributed by atoms with Crippen molar-refractivity contribution in [3.8, 4) is 6.07 Å². The minimum absolute atomic E-state index is 0.446. The second kappa shape index (κ2) is 5.58. The highest BCUT2D eigenvalue weighted by Crippen LogP contribution is 2.27. The molecule has 4 nitrogen and oxygen atoms in total. The predicted molar refractivity (Wildman–Crippen MR) is 77.2 cm³/mol. The second-order valence-electron chi connectivity index (χ2n) is 5.54. The molecule has 1 heterocycles. The molecule has 0 bridgehead atoms. The van der Waals surface area contributed by atoms with E-state index in [1.165, 1.54) is 12.8 Å². The van der Waals surface area contributed by atoms with E-state index < -0.39 is 0 Å². The lowest BCUT2D eigenvalue weighted by atomic mass is 10.1. The van der Waals surface area contributed by atoms with Gasteiger partial charge in [0.25, 0.3) is 0 Å². The van der Waals surface area contributed by atoms with Crippen LogP contribution in [0.3, 0.4) is 0 Å². The average molecular weight is 258 g/mol. The molecule has 1 aromatic rings. The van der Waals surface area contributed by atoms with E-state index in [9.17, 15) is 5.26 Å². The van der Waals surface area contributed by atoms with Gasteiger partial charge in [0.05, 0.1) is 5.56 Å². The van der Waals surface area contributed by atoms with Crippen molar-refractivity contribution < 1.29 is 0 Å². The lowest BCUT2D eigenvalue weighted by molar-refractivity contribution is 0.257. The molecule has 1 N–H and O–H groups in total. The van der Waals surface area contributed by atoms with E-state index in [0.29, 0.717) is 11.6 Å². The first-order valence-corrected chi connectivity index (χ1v) is 6.87. The number of aryl methyl sites for hydroxylation is 2. The third kappa shape index (κ3) is 3.24. The first-order valence-electron chi connectivity index (χ1n) is 6.87. The Labute approximate surface area is 115 Å². The van der Waals surface area contributed by atoms with Crippen molar-refractivity contribution in [3.63, 3.8) is 0 Å². The Balaban J connectivity index is 2.04. The summed E-state index contributed by atoms with van der Waals surface area (Å²) in [6, 6.07) is 5.38. The molecule has 0 radical (unpaired) electrons. The molecule has 102 valence electrons.